The summed E-state index contributed by atoms with van der Waals surface area (Å²) in [4.78, 5) is 31.7. The normalized spacial score (nSPS) is 14.2. The van der Waals surface area contributed by atoms with E-state index in [1.54, 1.807) is 30.3 Å². The molecule has 0 unspecified atom stereocenters. The second-order valence-corrected chi connectivity index (χ2v) is 7.29. The van der Waals surface area contributed by atoms with Gasteiger partial charge in [0.15, 0.2) is 6.61 Å². The van der Waals surface area contributed by atoms with Crippen molar-refractivity contribution in [2.75, 3.05) is 31.6 Å². The van der Waals surface area contributed by atoms with Crippen LogP contribution < -0.4 is 9.64 Å². The van der Waals surface area contributed by atoms with E-state index in [1.807, 2.05) is 24.3 Å². The number of hydrogen-bond donors (Lipinski definition) is 1. The summed E-state index contributed by atoms with van der Waals surface area (Å²) in [5.74, 6) is 0.308. The fourth-order valence-electron chi connectivity index (χ4n) is 3.40. The molecule has 154 valence electrons. The van der Waals surface area contributed by atoms with E-state index in [2.05, 4.69) is 9.88 Å². The quantitative estimate of drug-likeness (QED) is 0.773. The molecule has 2 heterocycles. The van der Waals surface area contributed by atoms with E-state index >= 15 is 0 Å². The van der Waals surface area contributed by atoms with Gasteiger partial charge in [0, 0.05) is 32.9 Å². The Balaban J connectivity index is 1.57. The van der Waals surface area contributed by atoms with Gasteiger partial charge in [-0.2, -0.15) is 0 Å². The third-order valence-corrected chi connectivity index (χ3v) is 4.98. The van der Waals surface area contributed by atoms with Crippen LogP contribution in [0.3, 0.4) is 0 Å². The molecule has 0 aliphatic carbocycles. The Morgan fingerprint density at radius 2 is 1.76 bits per heavy atom. The molecular formula is C22H27N3O4. The highest BCUT2D eigenvalue weighted by molar-refractivity contribution is 5.93. The van der Waals surface area contributed by atoms with Crippen LogP contribution in [0.15, 0.2) is 42.6 Å². The van der Waals surface area contributed by atoms with Gasteiger partial charge in [0.25, 0.3) is 5.91 Å². The number of amides is 1. The Hall–Kier alpha value is -3.09. The van der Waals surface area contributed by atoms with Gasteiger partial charge in [-0.15, -0.1) is 0 Å². The van der Waals surface area contributed by atoms with Gasteiger partial charge in [-0.05, 0) is 42.7 Å². The lowest BCUT2D eigenvalue weighted by molar-refractivity contribution is -0.139. The highest BCUT2D eigenvalue weighted by atomic mass is 16.5. The molecule has 0 saturated carbocycles. The second-order valence-electron chi connectivity index (χ2n) is 7.29. The maximum Gasteiger partial charge on any atom is 0.341 e. The van der Waals surface area contributed by atoms with Gasteiger partial charge < -0.3 is 19.6 Å². The highest BCUT2D eigenvalue weighted by Gasteiger charge is 2.15. The molecule has 7 nitrogen and oxygen atoms in total. The SMILES string of the molecule is CN(Cc1ccc(OCC(=O)O)cc1)C(=O)c1ccc(N2CCCCCC2)nc1. The molecule has 3 rings (SSSR count). The average molecular weight is 397 g/mol. The van der Waals surface area contributed by atoms with Crippen LogP contribution in [0, 0.1) is 0 Å². The van der Waals surface area contributed by atoms with Crippen molar-refractivity contribution in [3.05, 3.63) is 53.7 Å². The van der Waals surface area contributed by atoms with Gasteiger partial charge in [0.2, 0.25) is 0 Å². The van der Waals surface area contributed by atoms with Gasteiger partial charge in [-0.1, -0.05) is 25.0 Å². The van der Waals surface area contributed by atoms with Crippen molar-refractivity contribution in [1.82, 2.24) is 9.88 Å². The van der Waals surface area contributed by atoms with E-state index in [-0.39, 0.29) is 12.5 Å². The van der Waals surface area contributed by atoms with E-state index in [0.29, 0.717) is 17.9 Å². The summed E-state index contributed by atoms with van der Waals surface area (Å²) in [6.07, 6.45) is 6.56. The predicted molar refractivity (Wildman–Crippen MR) is 110 cm³/mol. The zero-order valence-corrected chi connectivity index (χ0v) is 16.7. The number of benzene rings is 1. The Morgan fingerprint density at radius 1 is 1.07 bits per heavy atom. The predicted octanol–water partition coefficient (Wildman–Crippen LogP) is 3.20. The van der Waals surface area contributed by atoms with Crippen molar-refractivity contribution in [2.45, 2.75) is 32.2 Å². The number of carboxylic acids is 1. The highest BCUT2D eigenvalue weighted by Crippen LogP contribution is 2.19. The number of nitrogens with zero attached hydrogens (tertiary/aromatic N) is 3. The fourth-order valence-corrected chi connectivity index (χ4v) is 3.40. The largest absolute Gasteiger partial charge is 0.482 e. The van der Waals surface area contributed by atoms with Crippen molar-refractivity contribution in [3.8, 4) is 5.75 Å². The lowest BCUT2D eigenvalue weighted by Crippen LogP contribution is -2.27. The monoisotopic (exact) mass is 397 g/mol. The molecule has 0 spiro atoms. The fraction of sp³-hybridized carbons (Fsp3) is 0.409. The molecule has 0 radical (unpaired) electrons. The van der Waals surface area contributed by atoms with Crippen molar-refractivity contribution in [3.63, 3.8) is 0 Å². The maximum absolute atomic E-state index is 12.7. The number of pyridine rings is 1. The number of carbonyl (C=O) groups excluding carboxylic acids is 1. The van der Waals surface area contributed by atoms with E-state index < -0.39 is 5.97 Å². The van der Waals surface area contributed by atoms with Gasteiger partial charge in [-0.25, -0.2) is 9.78 Å². The van der Waals surface area contributed by atoms with Gasteiger partial charge in [-0.3, -0.25) is 4.79 Å². The zero-order chi connectivity index (χ0) is 20.6. The Labute approximate surface area is 170 Å². The van der Waals surface area contributed by atoms with Gasteiger partial charge in [0.1, 0.15) is 11.6 Å². The molecule has 29 heavy (non-hydrogen) atoms. The van der Waals surface area contributed by atoms with Crippen LogP contribution in [0.5, 0.6) is 5.75 Å². The number of aromatic nitrogens is 1. The molecular weight excluding hydrogens is 370 g/mol. The molecule has 2 aromatic rings. The lowest BCUT2D eigenvalue weighted by atomic mass is 10.2. The average Bonchev–Trinajstić information content (AvgIpc) is 3.02. The van der Waals surface area contributed by atoms with Crippen molar-refractivity contribution >= 4 is 17.7 Å². The summed E-state index contributed by atoms with van der Waals surface area (Å²) in [5.41, 5.74) is 1.49. The van der Waals surface area contributed by atoms with Crippen molar-refractivity contribution < 1.29 is 19.4 Å². The van der Waals surface area contributed by atoms with Gasteiger partial charge in [0.05, 0.1) is 5.56 Å². The molecule has 1 aliphatic heterocycles. The Bertz CT molecular complexity index is 813. The first-order chi connectivity index (χ1) is 14.0. The molecule has 1 fully saturated rings. The van der Waals surface area contributed by atoms with E-state index in [9.17, 15) is 9.59 Å². The van der Waals surface area contributed by atoms with Crippen LogP contribution in [0.2, 0.25) is 0 Å². The maximum atomic E-state index is 12.7. The minimum absolute atomic E-state index is 0.0916. The molecule has 0 bridgehead atoms. The summed E-state index contributed by atoms with van der Waals surface area (Å²) >= 11 is 0. The van der Waals surface area contributed by atoms with Crippen molar-refractivity contribution in [2.24, 2.45) is 0 Å². The van der Waals surface area contributed by atoms with Crippen LogP contribution in [-0.4, -0.2) is 53.6 Å². The molecule has 1 N–H and O–H groups in total. The second kappa shape index (κ2) is 9.91. The Kier molecular flexibility index (Phi) is 7.05. The molecule has 1 aliphatic rings. The van der Waals surface area contributed by atoms with E-state index in [0.717, 1.165) is 24.5 Å². The smallest absolute Gasteiger partial charge is 0.341 e. The standard InChI is InChI=1S/C22H27N3O4/c1-24(15-17-6-9-19(10-7-17)29-16-21(26)27)22(28)18-8-11-20(23-14-18)25-12-4-2-3-5-13-25/h6-11,14H,2-5,12-13,15-16H2,1H3,(H,26,27). The number of carbonyl (C=O) groups is 2. The summed E-state index contributed by atoms with van der Waals surface area (Å²) in [7, 11) is 1.75. The molecule has 0 atom stereocenters. The first-order valence-corrected chi connectivity index (χ1v) is 9.93. The number of carboxylic acid groups (broad SMARTS) is 1. The number of hydrogen-bond acceptors (Lipinski definition) is 5. The van der Waals surface area contributed by atoms with Crippen LogP contribution in [-0.2, 0) is 11.3 Å². The summed E-state index contributed by atoms with van der Waals surface area (Å²) in [5, 5.41) is 8.64. The number of ether oxygens (including phenoxy) is 1. The molecule has 1 aromatic carbocycles. The molecule has 1 saturated heterocycles. The Morgan fingerprint density at radius 3 is 2.34 bits per heavy atom. The molecule has 7 heteroatoms. The molecule has 1 amide bonds. The van der Waals surface area contributed by atoms with E-state index in [4.69, 9.17) is 9.84 Å². The zero-order valence-electron chi connectivity index (χ0n) is 16.7. The summed E-state index contributed by atoms with van der Waals surface area (Å²) in [6.45, 7) is 2.10. The summed E-state index contributed by atoms with van der Waals surface area (Å²) < 4.78 is 5.12. The van der Waals surface area contributed by atoms with Crippen LogP contribution in [0.4, 0.5) is 5.82 Å². The third kappa shape index (κ3) is 5.94. The van der Waals surface area contributed by atoms with Crippen LogP contribution >= 0.6 is 0 Å². The lowest BCUT2D eigenvalue weighted by Gasteiger charge is -2.22. The van der Waals surface area contributed by atoms with Gasteiger partial charge >= 0.3 is 5.97 Å². The minimum atomic E-state index is -1.02. The van der Waals surface area contributed by atoms with Crippen molar-refractivity contribution in [1.29, 1.82) is 0 Å². The first kappa shape index (κ1) is 20.6. The topological polar surface area (TPSA) is 83.0 Å². The third-order valence-electron chi connectivity index (χ3n) is 4.98. The first-order valence-electron chi connectivity index (χ1n) is 9.93. The number of rotatable bonds is 7. The minimum Gasteiger partial charge on any atom is -0.482 e. The molecule has 1 aromatic heterocycles. The number of aliphatic carboxylic acids is 1. The number of anilines is 1. The van der Waals surface area contributed by atoms with Crippen LogP contribution in [0.1, 0.15) is 41.6 Å². The van der Waals surface area contributed by atoms with E-state index in [1.165, 1.54) is 25.7 Å². The summed E-state index contributed by atoms with van der Waals surface area (Å²) in [6, 6.07) is 10.8. The van der Waals surface area contributed by atoms with Crippen LogP contribution in [0.25, 0.3) is 0 Å².